The van der Waals surface area contributed by atoms with E-state index in [1.54, 1.807) is 13.8 Å². The summed E-state index contributed by atoms with van der Waals surface area (Å²) in [7, 11) is 0. The largest absolute Gasteiger partial charge is 0.462 e. The number of allylic oxidation sites excluding steroid dienone is 1. The lowest BCUT2D eigenvalue weighted by atomic mass is 9.95. The maximum absolute atomic E-state index is 11.9. The van der Waals surface area contributed by atoms with Gasteiger partial charge in [-0.3, -0.25) is 0 Å². The first-order valence-electron chi connectivity index (χ1n) is 6.12. The van der Waals surface area contributed by atoms with Gasteiger partial charge in [0.25, 0.3) is 0 Å². The van der Waals surface area contributed by atoms with Crippen LogP contribution >= 0.6 is 0 Å². The van der Waals surface area contributed by atoms with Gasteiger partial charge >= 0.3 is 5.97 Å². The van der Waals surface area contributed by atoms with E-state index >= 15 is 0 Å². The van der Waals surface area contributed by atoms with Gasteiger partial charge < -0.3 is 15.7 Å². The Labute approximate surface area is 112 Å². The van der Waals surface area contributed by atoms with Gasteiger partial charge in [0.05, 0.1) is 18.0 Å². The van der Waals surface area contributed by atoms with Gasteiger partial charge in [-0.05, 0) is 27.2 Å². The van der Waals surface area contributed by atoms with E-state index in [2.05, 4.69) is 10.1 Å². The van der Waals surface area contributed by atoms with E-state index in [0.717, 1.165) is 5.57 Å². The Morgan fingerprint density at radius 1 is 1.47 bits per heavy atom. The highest BCUT2D eigenvalue weighted by Crippen LogP contribution is 2.25. The fourth-order valence-corrected chi connectivity index (χ4v) is 1.84. The molecule has 0 aliphatic carbocycles. The van der Waals surface area contributed by atoms with Crippen LogP contribution in [0.15, 0.2) is 32.6 Å². The average molecular weight is 265 g/mol. The summed E-state index contributed by atoms with van der Waals surface area (Å²) < 4.78 is 4.97. The zero-order chi connectivity index (χ0) is 14.6. The maximum Gasteiger partial charge on any atom is 0.342 e. The summed E-state index contributed by atoms with van der Waals surface area (Å²) in [6.07, 6.45) is 0.708. The number of ether oxygens (including phenoxy) is 1. The topological polar surface area (TPSA) is 97.3 Å². The molecule has 0 aromatic carbocycles. The maximum atomic E-state index is 11.9. The number of aliphatic imine (C=N–C) groups is 1. The predicted molar refractivity (Wildman–Crippen MR) is 73.2 cm³/mol. The molecule has 0 amide bonds. The highest BCUT2D eigenvalue weighted by Gasteiger charge is 2.28. The molecule has 0 atom stereocenters. The Morgan fingerprint density at radius 3 is 2.58 bits per heavy atom. The molecule has 19 heavy (non-hydrogen) atoms. The van der Waals surface area contributed by atoms with Crippen LogP contribution in [0, 0.1) is 0 Å². The van der Waals surface area contributed by atoms with E-state index in [1.165, 1.54) is 0 Å². The van der Waals surface area contributed by atoms with Crippen LogP contribution < -0.4 is 5.73 Å². The van der Waals surface area contributed by atoms with Crippen molar-refractivity contribution >= 4 is 17.5 Å². The second-order valence-electron chi connectivity index (χ2n) is 4.14. The molecule has 0 saturated heterocycles. The van der Waals surface area contributed by atoms with Crippen LogP contribution in [-0.2, 0) is 9.53 Å². The van der Waals surface area contributed by atoms with E-state index in [-0.39, 0.29) is 23.7 Å². The molecular weight excluding hydrogens is 246 g/mol. The van der Waals surface area contributed by atoms with Crippen LogP contribution in [0.4, 0.5) is 0 Å². The van der Waals surface area contributed by atoms with Crippen LogP contribution in [0.3, 0.4) is 0 Å². The second kappa shape index (κ2) is 6.17. The number of oxime groups is 1. The first-order chi connectivity index (χ1) is 8.97. The Hall–Kier alpha value is -2.11. The van der Waals surface area contributed by atoms with E-state index in [9.17, 15) is 4.79 Å². The molecule has 0 aromatic rings. The fraction of sp³-hybridized carbons (Fsp3) is 0.462. The van der Waals surface area contributed by atoms with Crippen LogP contribution in [-0.4, -0.2) is 29.3 Å². The number of hydrogen-bond donors (Lipinski definition) is 2. The van der Waals surface area contributed by atoms with E-state index in [0.29, 0.717) is 17.7 Å². The van der Waals surface area contributed by atoms with Gasteiger partial charge in [0, 0.05) is 5.57 Å². The summed E-state index contributed by atoms with van der Waals surface area (Å²) >= 11 is 0. The third-order valence-corrected chi connectivity index (χ3v) is 2.93. The summed E-state index contributed by atoms with van der Waals surface area (Å²) in [5.74, 6) is -0.387. The zero-order valence-electron chi connectivity index (χ0n) is 11.6. The standard InChI is InChI=1S/C13H19N3O3/c1-5-7(3)9-11(14)10(13(17)19-6-2)8(4)15-12(9)16-18/h18H,5-6,14H2,1-4H3/b9-7-,16-12+. The summed E-state index contributed by atoms with van der Waals surface area (Å²) in [5.41, 5.74) is 8.29. The minimum absolute atomic E-state index is 0.127. The number of amidine groups is 1. The lowest BCUT2D eigenvalue weighted by Gasteiger charge is -2.20. The molecule has 1 aliphatic heterocycles. The van der Waals surface area contributed by atoms with Crippen molar-refractivity contribution in [1.29, 1.82) is 0 Å². The van der Waals surface area contributed by atoms with Crippen LogP contribution in [0.1, 0.15) is 34.1 Å². The van der Waals surface area contributed by atoms with Crippen molar-refractivity contribution in [3.63, 3.8) is 0 Å². The van der Waals surface area contributed by atoms with Crippen molar-refractivity contribution in [2.24, 2.45) is 15.9 Å². The molecule has 1 rings (SSSR count). The minimum atomic E-state index is -0.514. The van der Waals surface area contributed by atoms with Gasteiger partial charge in [-0.25, -0.2) is 9.79 Å². The Kier molecular flexibility index (Phi) is 4.86. The number of carbonyl (C=O) groups excluding carboxylic acids is 1. The van der Waals surface area contributed by atoms with Crippen molar-refractivity contribution in [2.45, 2.75) is 34.1 Å². The molecular formula is C13H19N3O3. The predicted octanol–water partition coefficient (Wildman–Crippen LogP) is 1.75. The van der Waals surface area contributed by atoms with Crippen molar-refractivity contribution in [3.05, 3.63) is 22.4 Å². The molecule has 6 nitrogen and oxygen atoms in total. The SMILES string of the molecule is CCOC(=O)C1=C(N)C(=C(\C)CC)/C(=N\O)N=C1C. The molecule has 0 spiro atoms. The van der Waals surface area contributed by atoms with Gasteiger partial charge in [-0.2, -0.15) is 0 Å². The van der Waals surface area contributed by atoms with E-state index in [4.69, 9.17) is 15.7 Å². The number of esters is 1. The first-order valence-corrected chi connectivity index (χ1v) is 6.12. The minimum Gasteiger partial charge on any atom is -0.462 e. The smallest absolute Gasteiger partial charge is 0.342 e. The molecule has 0 radical (unpaired) electrons. The summed E-state index contributed by atoms with van der Waals surface area (Å²) in [6.45, 7) is 7.41. The van der Waals surface area contributed by atoms with Gasteiger partial charge in [-0.1, -0.05) is 17.7 Å². The second-order valence-corrected chi connectivity index (χ2v) is 4.14. The first kappa shape index (κ1) is 14.9. The van der Waals surface area contributed by atoms with Gasteiger partial charge in [0.2, 0.25) is 5.84 Å². The van der Waals surface area contributed by atoms with E-state index in [1.807, 2.05) is 13.8 Å². The quantitative estimate of drug-likeness (QED) is 0.461. The highest BCUT2D eigenvalue weighted by atomic mass is 16.5. The zero-order valence-corrected chi connectivity index (χ0v) is 11.6. The number of rotatable bonds is 3. The molecule has 0 unspecified atom stereocenters. The molecule has 1 heterocycles. The van der Waals surface area contributed by atoms with E-state index < -0.39 is 5.97 Å². The Bertz CT molecular complexity index is 513. The number of carbonyl (C=O) groups is 1. The summed E-state index contributed by atoms with van der Waals surface area (Å²) in [6, 6.07) is 0. The molecule has 1 aliphatic rings. The molecule has 0 fully saturated rings. The van der Waals surface area contributed by atoms with Crippen LogP contribution in [0.25, 0.3) is 0 Å². The monoisotopic (exact) mass is 265 g/mol. The van der Waals surface area contributed by atoms with Crippen molar-refractivity contribution in [2.75, 3.05) is 6.61 Å². The highest BCUT2D eigenvalue weighted by molar-refractivity contribution is 6.27. The normalized spacial score (nSPS) is 20.4. The lowest BCUT2D eigenvalue weighted by Crippen LogP contribution is -2.28. The van der Waals surface area contributed by atoms with Crippen LogP contribution in [0.5, 0.6) is 0 Å². The molecule has 0 aromatic heterocycles. The average Bonchev–Trinajstić information content (AvgIpc) is 2.37. The van der Waals surface area contributed by atoms with Gasteiger partial charge in [-0.15, -0.1) is 0 Å². The van der Waals surface area contributed by atoms with Crippen LogP contribution in [0.2, 0.25) is 0 Å². The van der Waals surface area contributed by atoms with Crippen molar-refractivity contribution in [3.8, 4) is 0 Å². The van der Waals surface area contributed by atoms with Crippen molar-refractivity contribution < 1.29 is 14.7 Å². The molecule has 3 N–H and O–H groups in total. The van der Waals surface area contributed by atoms with Gasteiger partial charge in [0.1, 0.15) is 5.57 Å². The fourth-order valence-electron chi connectivity index (χ4n) is 1.84. The number of dihydropyridines is 1. The number of nitrogens with zero attached hydrogens (tertiary/aromatic N) is 2. The molecule has 104 valence electrons. The Balaban J connectivity index is 3.45. The van der Waals surface area contributed by atoms with Gasteiger partial charge in [0.15, 0.2) is 0 Å². The molecule has 0 saturated carbocycles. The summed E-state index contributed by atoms with van der Waals surface area (Å²) in [4.78, 5) is 16.0. The molecule has 0 bridgehead atoms. The number of nitrogens with two attached hydrogens (primary N) is 1. The summed E-state index contributed by atoms with van der Waals surface area (Å²) in [5, 5.41) is 12.2. The molecule has 6 heteroatoms. The third kappa shape index (κ3) is 2.83. The number of hydrogen-bond acceptors (Lipinski definition) is 5. The third-order valence-electron chi connectivity index (χ3n) is 2.93. The Morgan fingerprint density at radius 2 is 2.11 bits per heavy atom. The van der Waals surface area contributed by atoms with Crippen molar-refractivity contribution in [1.82, 2.24) is 0 Å². The lowest BCUT2D eigenvalue weighted by molar-refractivity contribution is -0.137.